The van der Waals surface area contributed by atoms with Crippen molar-refractivity contribution in [2.24, 2.45) is 11.8 Å². The van der Waals surface area contributed by atoms with Crippen LogP contribution in [0.4, 0.5) is 5.69 Å². The van der Waals surface area contributed by atoms with Crippen LogP contribution in [0.15, 0.2) is 29.2 Å². The molecule has 8 heteroatoms. The Labute approximate surface area is 167 Å². The molecule has 1 atom stereocenters. The summed E-state index contributed by atoms with van der Waals surface area (Å²) in [5.41, 5.74) is 0.556. The fourth-order valence-corrected chi connectivity index (χ4v) is 4.44. The van der Waals surface area contributed by atoms with Gasteiger partial charge in [0.1, 0.15) is 0 Å². The molecule has 1 saturated carbocycles. The van der Waals surface area contributed by atoms with Crippen LogP contribution >= 0.6 is 0 Å². The van der Waals surface area contributed by atoms with Gasteiger partial charge in [-0.15, -0.1) is 0 Å². The van der Waals surface area contributed by atoms with Crippen LogP contribution in [-0.2, 0) is 19.6 Å². The molecule has 156 valence electrons. The Bertz CT molecular complexity index is 769. The second-order valence-electron chi connectivity index (χ2n) is 7.59. The number of amides is 2. The van der Waals surface area contributed by atoms with E-state index in [4.69, 9.17) is 0 Å². The van der Waals surface area contributed by atoms with Crippen molar-refractivity contribution in [3.05, 3.63) is 24.3 Å². The Kier molecular flexibility index (Phi) is 8.00. The molecule has 1 aliphatic rings. The van der Waals surface area contributed by atoms with E-state index < -0.39 is 10.0 Å². The summed E-state index contributed by atoms with van der Waals surface area (Å²) in [5, 5.41) is 5.64. The van der Waals surface area contributed by atoms with Gasteiger partial charge in [-0.2, -0.15) is 0 Å². The van der Waals surface area contributed by atoms with Gasteiger partial charge in [0, 0.05) is 31.1 Å². The molecule has 0 aliphatic heterocycles. The third-order valence-corrected chi connectivity index (χ3v) is 6.71. The average Bonchev–Trinajstić information content (AvgIpc) is 2.66. The number of carbonyl (C=O) groups excluding carboxylic acids is 2. The van der Waals surface area contributed by atoms with Crippen molar-refractivity contribution in [3.63, 3.8) is 0 Å². The minimum absolute atomic E-state index is 0.0307. The normalized spacial score (nSPS) is 21.0. The largest absolute Gasteiger partial charge is 0.353 e. The van der Waals surface area contributed by atoms with Crippen LogP contribution in [-0.4, -0.2) is 32.8 Å². The van der Waals surface area contributed by atoms with E-state index in [0.717, 1.165) is 32.1 Å². The van der Waals surface area contributed by atoms with Crippen molar-refractivity contribution >= 4 is 27.5 Å². The Morgan fingerprint density at radius 1 is 1.11 bits per heavy atom. The van der Waals surface area contributed by atoms with Crippen LogP contribution in [0.2, 0.25) is 0 Å². The van der Waals surface area contributed by atoms with Gasteiger partial charge < -0.3 is 10.6 Å². The molecule has 1 aliphatic carbocycles. The summed E-state index contributed by atoms with van der Waals surface area (Å²) >= 11 is 0. The van der Waals surface area contributed by atoms with E-state index in [2.05, 4.69) is 15.4 Å². The molecule has 0 spiro atoms. The van der Waals surface area contributed by atoms with E-state index in [1.807, 2.05) is 13.8 Å². The summed E-state index contributed by atoms with van der Waals surface area (Å²) in [6, 6.07) is 6.27. The van der Waals surface area contributed by atoms with Crippen LogP contribution in [0.25, 0.3) is 0 Å². The van der Waals surface area contributed by atoms with Crippen LogP contribution in [0.3, 0.4) is 0 Å². The lowest BCUT2D eigenvalue weighted by Crippen LogP contribution is -2.39. The summed E-state index contributed by atoms with van der Waals surface area (Å²) in [5.74, 6) is 0.180. The number of hydrogen-bond acceptors (Lipinski definition) is 4. The highest BCUT2D eigenvalue weighted by Crippen LogP contribution is 2.29. The fraction of sp³-hybridized carbons (Fsp3) is 0.600. The van der Waals surface area contributed by atoms with Gasteiger partial charge in [-0.25, -0.2) is 13.1 Å². The highest BCUT2D eigenvalue weighted by atomic mass is 32.2. The zero-order valence-corrected chi connectivity index (χ0v) is 17.6. The Morgan fingerprint density at radius 3 is 2.25 bits per heavy atom. The van der Waals surface area contributed by atoms with Gasteiger partial charge in [0.05, 0.1) is 4.90 Å². The fourth-order valence-electron chi connectivity index (χ4n) is 3.32. The van der Waals surface area contributed by atoms with Gasteiger partial charge in [0.2, 0.25) is 21.8 Å². The summed E-state index contributed by atoms with van der Waals surface area (Å²) in [6.45, 7) is 5.81. The van der Waals surface area contributed by atoms with Crippen molar-refractivity contribution in [1.82, 2.24) is 10.0 Å². The topological polar surface area (TPSA) is 104 Å². The van der Waals surface area contributed by atoms with E-state index in [0.29, 0.717) is 12.2 Å². The van der Waals surface area contributed by atoms with Gasteiger partial charge in [-0.05, 0) is 69.2 Å². The van der Waals surface area contributed by atoms with Gasteiger partial charge in [0.15, 0.2) is 0 Å². The second kappa shape index (κ2) is 10.0. The number of anilines is 1. The highest BCUT2D eigenvalue weighted by molar-refractivity contribution is 7.89. The maximum Gasteiger partial charge on any atom is 0.240 e. The van der Waals surface area contributed by atoms with E-state index in [1.54, 1.807) is 12.1 Å². The summed E-state index contributed by atoms with van der Waals surface area (Å²) in [4.78, 5) is 23.4. The number of carbonyl (C=O) groups is 2. The molecule has 7 nitrogen and oxygen atoms in total. The van der Waals surface area contributed by atoms with Crippen LogP contribution in [0, 0.1) is 11.8 Å². The first-order valence-corrected chi connectivity index (χ1v) is 11.4. The maximum absolute atomic E-state index is 12.5. The van der Waals surface area contributed by atoms with Crippen molar-refractivity contribution < 1.29 is 18.0 Å². The third kappa shape index (κ3) is 6.60. The van der Waals surface area contributed by atoms with E-state index >= 15 is 0 Å². The number of nitrogens with one attached hydrogen (secondary N) is 3. The first kappa shape index (κ1) is 22.4. The average molecular weight is 410 g/mol. The van der Waals surface area contributed by atoms with Crippen LogP contribution in [0.5, 0.6) is 0 Å². The summed E-state index contributed by atoms with van der Waals surface area (Å²) < 4.78 is 27.6. The van der Waals surface area contributed by atoms with Gasteiger partial charge >= 0.3 is 0 Å². The number of benzene rings is 1. The van der Waals surface area contributed by atoms with E-state index in [9.17, 15) is 18.0 Å². The van der Waals surface area contributed by atoms with E-state index in [1.165, 1.54) is 19.1 Å². The third-order valence-electron chi connectivity index (χ3n) is 5.27. The lowest BCUT2D eigenvalue weighted by Gasteiger charge is -2.28. The van der Waals surface area contributed by atoms with Crippen LogP contribution < -0.4 is 15.4 Å². The molecule has 1 fully saturated rings. The molecule has 0 bridgehead atoms. The summed E-state index contributed by atoms with van der Waals surface area (Å²) in [6.07, 6.45) is 4.17. The van der Waals surface area contributed by atoms with Crippen LogP contribution in [0.1, 0.15) is 52.9 Å². The molecule has 1 aromatic rings. The molecule has 1 unspecified atom stereocenters. The van der Waals surface area contributed by atoms with Gasteiger partial charge in [0.25, 0.3) is 0 Å². The summed E-state index contributed by atoms with van der Waals surface area (Å²) in [7, 11) is -3.60. The molecule has 0 saturated heterocycles. The molecule has 0 heterocycles. The number of rotatable bonds is 8. The zero-order valence-electron chi connectivity index (χ0n) is 16.8. The molecule has 2 amide bonds. The van der Waals surface area contributed by atoms with Crippen molar-refractivity contribution in [1.29, 1.82) is 0 Å². The Balaban J connectivity index is 1.82. The Hall–Kier alpha value is -1.93. The monoisotopic (exact) mass is 409 g/mol. The molecule has 28 heavy (non-hydrogen) atoms. The quantitative estimate of drug-likeness (QED) is 0.614. The highest BCUT2D eigenvalue weighted by Gasteiger charge is 2.27. The smallest absolute Gasteiger partial charge is 0.240 e. The minimum Gasteiger partial charge on any atom is -0.353 e. The number of hydrogen-bond donors (Lipinski definition) is 3. The first-order valence-electron chi connectivity index (χ1n) is 9.89. The van der Waals surface area contributed by atoms with Gasteiger partial charge in [-0.1, -0.05) is 6.92 Å². The van der Waals surface area contributed by atoms with Gasteiger partial charge in [-0.3, -0.25) is 9.59 Å². The van der Waals surface area contributed by atoms with E-state index in [-0.39, 0.29) is 34.6 Å². The predicted molar refractivity (Wildman–Crippen MR) is 109 cm³/mol. The lowest BCUT2D eigenvalue weighted by molar-refractivity contribution is -0.126. The molecule has 2 rings (SSSR count). The maximum atomic E-state index is 12.5. The second-order valence-corrected chi connectivity index (χ2v) is 9.36. The molecule has 0 radical (unpaired) electrons. The van der Waals surface area contributed by atoms with Crippen molar-refractivity contribution in [3.8, 4) is 0 Å². The minimum atomic E-state index is -3.60. The first-order chi connectivity index (χ1) is 13.2. The number of sulfonamides is 1. The molecule has 3 N–H and O–H groups in total. The van der Waals surface area contributed by atoms with Crippen molar-refractivity contribution in [2.75, 3.05) is 11.9 Å². The molecular formula is C20H31N3O4S. The standard InChI is InChI=1S/C20H31N3O4S/c1-4-14(2)22-20(25)17-7-5-16(6-8-17)13-21-28(26,27)19-11-9-18(10-12-19)23-15(3)24/h9-12,14,16-17,21H,4-8,13H2,1-3H3,(H,22,25)(H,23,24). The molecular weight excluding hydrogens is 378 g/mol. The molecule has 1 aromatic carbocycles. The van der Waals surface area contributed by atoms with Crippen molar-refractivity contribution in [2.45, 2.75) is 63.8 Å². The molecule has 0 aromatic heterocycles. The Morgan fingerprint density at radius 2 is 1.71 bits per heavy atom. The predicted octanol–water partition coefficient (Wildman–Crippen LogP) is 2.64. The SMILES string of the molecule is CCC(C)NC(=O)C1CCC(CNS(=O)(=O)c2ccc(NC(C)=O)cc2)CC1. The lowest BCUT2D eigenvalue weighted by atomic mass is 9.81. The zero-order chi connectivity index (χ0) is 20.7.